The Morgan fingerprint density at radius 2 is 1.97 bits per heavy atom. The quantitative estimate of drug-likeness (QED) is 0.447. The highest BCUT2D eigenvalue weighted by Crippen LogP contribution is 2.30. The van der Waals surface area contributed by atoms with E-state index >= 15 is 0 Å². The van der Waals surface area contributed by atoms with Gasteiger partial charge >= 0.3 is 5.97 Å². The standard InChI is InChI=1S/C22H26ClN3O5S/c1-15-4-6-17(7-5-15)12-25(3)20(27)13-31-21(28)9-8-19-16(2)24-26(22(19)23)18-10-11-32(29,30)14-18/h4-9,18H,10-14H2,1-3H3. The van der Waals surface area contributed by atoms with Crippen LogP contribution < -0.4 is 0 Å². The van der Waals surface area contributed by atoms with Gasteiger partial charge in [0.15, 0.2) is 16.4 Å². The highest BCUT2D eigenvalue weighted by atomic mass is 35.5. The van der Waals surface area contributed by atoms with Gasteiger partial charge in [-0.25, -0.2) is 17.9 Å². The summed E-state index contributed by atoms with van der Waals surface area (Å²) in [6.45, 7) is 3.75. The third kappa shape index (κ3) is 5.98. The van der Waals surface area contributed by atoms with Crippen LogP contribution in [0.3, 0.4) is 0 Å². The molecule has 0 N–H and O–H groups in total. The molecule has 0 radical (unpaired) electrons. The van der Waals surface area contributed by atoms with Crippen molar-refractivity contribution >= 4 is 39.4 Å². The maximum Gasteiger partial charge on any atom is 0.331 e. The van der Waals surface area contributed by atoms with Crippen LogP contribution in [0.15, 0.2) is 30.3 Å². The second-order valence-electron chi connectivity index (χ2n) is 7.97. The van der Waals surface area contributed by atoms with Crippen molar-refractivity contribution in [1.82, 2.24) is 14.7 Å². The molecule has 1 amide bonds. The topological polar surface area (TPSA) is 98.6 Å². The Kier molecular flexibility index (Phi) is 7.40. The van der Waals surface area contributed by atoms with E-state index in [0.717, 1.165) is 11.1 Å². The lowest BCUT2D eigenvalue weighted by Gasteiger charge is -2.17. The number of rotatable bonds is 7. The number of benzene rings is 1. The molecule has 8 nitrogen and oxygen atoms in total. The molecule has 1 aliphatic rings. The monoisotopic (exact) mass is 479 g/mol. The van der Waals surface area contributed by atoms with E-state index in [4.69, 9.17) is 16.3 Å². The van der Waals surface area contributed by atoms with E-state index < -0.39 is 15.8 Å². The van der Waals surface area contributed by atoms with E-state index in [2.05, 4.69) is 5.10 Å². The molecule has 1 aromatic heterocycles. The van der Waals surface area contributed by atoms with Crippen LogP contribution in [0.25, 0.3) is 6.08 Å². The number of sulfone groups is 1. The first-order valence-corrected chi connectivity index (χ1v) is 12.3. The van der Waals surface area contributed by atoms with E-state index in [-0.39, 0.29) is 35.2 Å². The van der Waals surface area contributed by atoms with Gasteiger partial charge in [0.1, 0.15) is 5.15 Å². The van der Waals surface area contributed by atoms with Crippen molar-refractivity contribution in [2.24, 2.45) is 0 Å². The summed E-state index contributed by atoms with van der Waals surface area (Å²) < 4.78 is 30.0. The van der Waals surface area contributed by atoms with Gasteiger partial charge in [0, 0.05) is 25.2 Å². The SMILES string of the molecule is Cc1ccc(CN(C)C(=O)COC(=O)C=Cc2c(C)nn(C3CCS(=O)(=O)C3)c2Cl)cc1. The lowest BCUT2D eigenvalue weighted by Crippen LogP contribution is -2.30. The molecular formula is C22H26ClN3O5S. The molecule has 1 saturated heterocycles. The molecule has 0 aliphatic carbocycles. The summed E-state index contributed by atoms with van der Waals surface area (Å²) in [5, 5.41) is 4.60. The fourth-order valence-corrected chi connectivity index (χ4v) is 5.50. The second-order valence-corrected chi connectivity index (χ2v) is 10.6. The number of hydrogen-bond donors (Lipinski definition) is 0. The zero-order valence-corrected chi connectivity index (χ0v) is 19.8. The van der Waals surface area contributed by atoms with E-state index in [1.165, 1.54) is 21.7 Å². The number of esters is 1. The number of carbonyl (C=O) groups is 2. The summed E-state index contributed by atoms with van der Waals surface area (Å²) in [6, 6.07) is 7.52. The highest BCUT2D eigenvalue weighted by molar-refractivity contribution is 7.91. The zero-order valence-electron chi connectivity index (χ0n) is 18.2. The van der Waals surface area contributed by atoms with Gasteiger partial charge in [-0.05, 0) is 31.9 Å². The number of nitrogens with zero attached hydrogens (tertiary/aromatic N) is 3. The molecule has 1 fully saturated rings. The molecule has 2 heterocycles. The summed E-state index contributed by atoms with van der Waals surface area (Å²) in [6.07, 6.45) is 3.10. The van der Waals surface area contributed by atoms with Gasteiger partial charge in [-0.15, -0.1) is 0 Å². The minimum absolute atomic E-state index is 0.00272. The molecule has 10 heteroatoms. The predicted octanol–water partition coefficient (Wildman–Crippen LogP) is 2.73. The molecule has 1 aliphatic heterocycles. The Morgan fingerprint density at radius 3 is 2.59 bits per heavy atom. The van der Waals surface area contributed by atoms with Crippen molar-refractivity contribution in [2.75, 3.05) is 25.2 Å². The number of carbonyl (C=O) groups excluding carboxylic acids is 2. The van der Waals surface area contributed by atoms with Crippen molar-refractivity contribution in [3.05, 3.63) is 57.9 Å². The van der Waals surface area contributed by atoms with Crippen LogP contribution in [0.5, 0.6) is 0 Å². The molecule has 3 rings (SSSR count). The molecular weight excluding hydrogens is 454 g/mol. The number of halogens is 1. The summed E-state index contributed by atoms with van der Waals surface area (Å²) in [7, 11) is -1.44. The van der Waals surface area contributed by atoms with Gasteiger partial charge in [0.2, 0.25) is 0 Å². The second kappa shape index (κ2) is 9.87. The van der Waals surface area contributed by atoms with Gasteiger partial charge in [-0.1, -0.05) is 41.4 Å². The molecule has 2 aromatic rings. The maximum absolute atomic E-state index is 12.2. The van der Waals surface area contributed by atoms with Crippen molar-refractivity contribution in [2.45, 2.75) is 32.9 Å². The van der Waals surface area contributed by atoms with Crippen molar-refractivity contribution in [1.29, 1.82) is 0 Å². The molecule has 1 atom stereocenters. The van der Waals surface area contributed by atoms with Gasteiger partial charge < -0.3 is 9.64 Å². The van der Waals surface area contributed by atoms with Crippen LogP contribution in [0.1, 0.15) is 34.8 Å². The van der Waals surface area contributed by atoms with Crippen LogP contribution in [-0.4, -0.2) is 60.1 Å². The van der Waals surface area contributed by atoms with E-state index in [1.807, 2.05) is 31.2 Å². The fourth-order valence-electron chi connectivity index (χ4n) is 3.43. The number of ether oxygens (including phenoxy) is 1. The van der Waals surface area contributed by atoms with Gasteiger partial charge in [-0.2, -0.15) is 5.10 Å². The van der Waals surface area contributed by atoms with Crippen molar-refractivity contribution in [3.8, 4) is 0 Å². The van der Waals surface area contributed by atoms with Crippen LogP contribution >= 0.6 is 11.6 Å². The van der Waals surface area contributed by atoms with Gasteiger partial charge in [-0.3, -0.25) is 4.79 Å². The normalized spacial score (nSPS) is 17.6. The Hall–Kier alpha value is -2.65. The van der Waals surface area contributed by atoms with Crippen LogP contribution in [0.2, 0.25) is 5.15 Å². The lowest BCUT2D eigenvalue weighted by atomic mass is 10.1. The largest absolute Gasteiger partial charge is 0.452 e. The Balaban J connectivity index is 1.55. The molecule has 1 unspecified atom stereocenters. The van der Waals surface area contributed by atoms with Crippen LogP contribution in [-0.2, 0) is 30.7 Å². The predicted molar refractivity (Wildman–Crippen MR) is 122 cm³/mol. The zero-order chi connectivity index (χ0) is 23.5. The first-order valence-electron chi connectivity index (χ1n) is 10.1. The van der Waals surface area contributed by atoms with Gasteiger partial charge in [0.25, 0.3) is 5.91 Å². The minimum atomic E-state index is -3.08. The van der Waals surface area contributed by atoms with E-state index in [0.29, 0.717) is 24.2 Å². The molecule has 172 valence electrons. The third-order valence-electron chi connectivity index (χ3n) is 5.32. The molecule has 32 heavy (non-hydrogen) atoms. The minimum Gasteiger partial charge on any atom is -0.452 e. The Morgan fingerprint density at radius 1 is 1.28 bits per heavy atom. The van der Waals surface area contributed by atoms with Gasteiger partial charge in [0.05, 0.1) is 23.2 Å². The lowest BCUT2D eigenvalue weighted by molar-refractivity contribution is -0.147. The van der Waals surface area contributed by atoms with Crippen molar-refractivity contribution in [3.63, 3.8) is 0 Å². The maximum atomic E-state index is 12.2. The number of aryl methyl sites for hydroxylation is 2. The third-order valence-corrected chi connectivity index (χ3v) is 7.44. The summed E-state index contributed by atoms with van der Waals surface area (Å²) >= 11 is 6.38. The molecule has 0 spiro atoms. The number of likely N-dealkylation sites (N-methyl/N-ethyl adjacent to an activating group) is 1. The highest BCUT2D eigenvalue weighted by Gasteiger charge is 2.31. The Bertz CT molecular complexity index is 1140. The fraction of sp³-hybridized carbons (Fsp3) is 0.409. The summed E-state index contributed by atoms with van der Waals surface area (Å²) in [5.74, 6) is -0.904. The van der Waals surface area contributed by atoms with E-state index in [1.54, 1.807) is 14.0 Å². The van der Waals surface area contributed by atoms with Crippen LogP contribution in [0.4, 0.5) is 0 Å². The average Bonchev–Trinajstić information content (AvgIpc) is 3.24. The van der Waals surface area contributed by atoms with Crippen molar-refractivity contribution < 1.29 is 22.7 Å². The first-order chi connectivity index (χ1) is 15.1. The molecule has 0 bridgehead atoms. The molecule has 1 aromatic carbocycles. The number of aromatic nitrogens is 2. The summed E-state index contributed by atoms with van der Waals surface area (Å²) in [4.78, 5) is 25.8. The number of amides is 1. The Labute approximate surface area is 192 Å². The van der Waals surface area contributed by atoms with Crippen LogP contribution in [0, 0.1) is 13.8 Å². The average molecular weight is 480 g/mol. The van der Waals surface area contributed by atoms with E-state index in [9.17, 15) is 18.0 Å². The molecule has 0 saturated carbocycles. The number of hydrogen-bond acceptors (Lipinski definition) is 6. The smallest absolute Gasteiger partial charge is 0.331 e. The summed E-state index contributed by atoms with van der Waals surface area (Å²) in [5.41, 5.74) is 3.19. The first kappa shape index (κ1) is 24.0.